The zero-order valence-electron chi connectivity index (χ0n) is 11.8. The Morgan fingerprint density at radius 2 is 1.26 bits per heavy atom. The number of ether oxygens (including phenoxy) is 4. The second-order valence-electron chi connectivity index (χ2n) is 4.00. The van der Waals surface area contributed by atoms with Crippen LogP contribution in [0.15, 0.2) is 25.3 Å². The summed E-state index contributed by atoms with van der Waals surface area (Å²) in [6.45, 7) is 12.7. The minimum atomic E-state index is -0.496. The lowest BCUT2D eigenvalue weighted by Gasteiger charge is -2.21. The van der Waals surface area contributed by atoms with Crippen LogP contribution >= 0.6 is 0 Å². The largest absolute Gasteiger partial charge is 0.394 e. The second-order valence-corrected chi connectivity index (χ2v) is 4.00. The summed E-state index contributed by atoms with van der Waals surface area (Å²) in [4.78, 5) is 0. The fourth-order valence-electron chi connectivity index (χ4n) is 1.13. The summed E-state index contributed by atoms with van der Waals surface area (Å²) in [6.07, 6.45) is 3.41. The smallest absolute Gasteiger partial charge is 0.101 e. The van der Waals surface area contributed by atoms with E-state index in [0.29, 0.717) is 46.2 Å². The van der Waals surface area contributed by atoms with E-state index in [1.807, 2.05) is 6.92 Å². The molecule has 0 saturated carbocycles. The summed E-state index contributed by atoms with van der Waals surface area (Å²) in [5, 5.41) is 8.47. The van der Waals surface area contributed by atoms with E-state index >= 15 is 0 Å². The molecule has 0 aromatic carbocycles. The Morgan fingerprint density at radius 3 is 1.68 bits per heavy atom. The molecule has 0 amide bonds. The molecule has 0 heterocycles. The van der Waals surface area contributed by atoms with Gasteiger partial charge < -0.3 is 24.1 Å². The Kier molecular flexibility index (Phi) is 11.9. The molecule has 0 spiro atoms. The highest BCUT2D eigenvalue weighted by molar-refractivity contribution is 5.06. The van der Waals surface area contributed by atoms with Gasteiger partial charge in [0.15, 0.2) is 0 Å². The zero-order valence-corrected chi connectivity index (χ0v) is 11.8. The van der Waals surface area contributed by atoms with Crippen LogP contribution in [0.1, 0.15) is 6.92 Å². The molecule has 5 heteroatoms. The van der Waals surface area contributed by atoms with Crippen molar-refractivity contribution in [3.63, 3.8) is 0 Å². The molecule has 0 rings (SSSR count). The molecular formula is C14H26O5. The molecule has 0 aromatic heterocycles. The maximum atomic E-state index is 8.47. The van der Waals surface area contributed by atoms with Crippen LogP contribution in [0.3, 0.4) is 0 Å². The van der Waals surface area contributed by atoms with E-state index in [0.717, 1.165) is 0 Å². The van der Waals surface area contributed by atoms with E-state index in [4.69, 9.17) is 24.1 Å². The predicted octanol–water partition coefficient (Wildman–Crippen LogP) is 1.18. The lowest BCUT2D eigenvalue weighted by molar-refractivity contribution is -0.0248. The van der Waals surface area contributed by atoms with Crippen molar-refractivity contribution in [2.24, 2.45) is 0 Å². The molecule has 0 unspecified atom stereocenters. The Morgan fingerprint density at radius 1 is 0.842 bits per heavy atom. The van der Waals surface area contributed by atoms with Crippen molar-refractivity contribution in [1.82, 2.24) is 0 Å². The van der Waals surface area contributed by atoms with E-state index in [1.165, 1.54) is 0 Å². The van der Waals surface area contributed by atoms with Crippen molar-refractivity contribution < 1.29 is 24.1 Å². The summed E-state index contributed by atoms with van der Waals surface area (Å²) < 4.78 is 21.2. The highest BCUT2D eigenvalue weighted by Crippen LogP contribution is 2.11. The average Bonchev–Trinajstić information content (AvgIpc) is 2.44. The van der Waals surface area contributed by atoms with E-state index in [2.05, 4.69) is 13.2 Å². The van der Waals surface area contributed by atoms with Gasteiger partial charge in [0.25, 0.3) is 0 Å². The molecule has 0 fully saturated rings. The lowest BCUT2D eigenvalue weighted by Crippen LogP contribution is -2.25. The SMILES string of the molecule is C=CC(C)(C=C)OCCOCCOCCOCCO. The summed E-state index contributed by atoms with van der Waals surface area (Å²) in [5.74, 6) is 0. The van der Waals surface area contributed by atoms with Gasteiger partial charge in [-0.3, -0.25) is 0 Å². The molecule has 112 valence electrons. The number of rotatable bonds is 14. The molecule has 19 heavy (non-hydrogen) atoms. The summed E-state index contributed by atoms with van der Waals surface area (Å²) in [7, 11) is 0. The second kappa shape index (κ2) is 12.3. The number of hydrogen-bond donors (Lipinski definition) is 1. The molecule has 0 aliphatic carbocycles. The standard InChI is InChI=1S/C14H26O5/c1-4-14(3,5-2)19-13-12-18-11-10-17-9-8-16-7-6-15/h4-5,15H,1-2,6-13H2,3H3. The molecule has 1 N–H and O–H groups in total. The molecule has 0 aromatic rings. The highest BCUT2D eigenvalue weighted by Gasteiger charge is 2.14. The maximum Gasteiger partial charge on any atom is 0.101 e. The predicted molar refractivity (Wildman–Crippen MR) is 74.3 cm³/mol. The third-order valence-corrected chi connectivity index (χ3v) is 2.43. The van der Waals surface area contributed by atoms with E-state index < -0.39 is 5.60 Å². The Bertz CT molecular complexity index is 222. The van der Waals surface area contributed by atoms with Crippen LogP contribution in [0.25, 0.3) is 0 Å². The van der Waals surface area contributed by atoms with Gasteiger partial charge in [-0.2, -0.15) is 0 Å². The van der Waals surface area contributed by atoms with Crippen LogP contribution in [0.2, 0.25) is 0 Å². The van der Waals surface area contributed by atoms with Crippen molar-refractivity contribution in [2.45, 2.75) is 12.5 Å². The zero-order chi connectivity index (χ0) is 14.4. The van der Waals surface area contributed by atoms with Crippen LogP contribution in [0.4, 0.5) is 0 Å². The summed E-state index contributed by atoms with van der Waals surface area (Å²) in [5.41, 5.74) is -0.496. The minimum absolute atomic E-state index is 0.0391. The van der Waals surface area contributed by atoms with Crippen molar-refractivity contribution in [1.29, 1.82) is 0 Å². The highest BCUT2D eigenvalue weighted by atomic mass is 16.6. The van der Waals surface area contributed by atoms with Crippen molar-refractivity contribution in [3.05, 3.63) is 25.3 Å². The van der Waals surface area contributed by atoms with E-state index in [-0.39, 0.29) is 6.61 Å². The molecule has 0 radical (unpaired) electrons. The van der Waals surface area contributed by atoms with Crippen molar-refractivity contribution in [2.75, 3.05) is 52.9 Å². The topological polar surface area (TPSA) is 57.2 Å². The van der Waals surface area contributed by atoms with Gasteiger partial charge in [0.05, 0.1) is 52.9 Å². The molecule has 0 atom stereocenters. The maximum absolute atomic E-state index is 8.47. The molecule has 0 aliphatic heterocycles. The van der Waals surface area contributed by atoms with Crippen LogP contribution in [0.5, 0.6) is 0 Å². The molecule has 5 nitrogen and oxygen atoms in total. The van der Waals surface area contributed by atoms with Crippen LogP contribution in [0, 0.1) is 0 Å². The fraction of sp³-hybridized carbons (Fsp3) is 0.714. The molecule has 0 bridgehead atoms. The first-order valence-corrected chi connectivity index (χ1v) is 6.43. The first kappa shape index (κ1) is 18.3. The Hall–Kier alpha value is -0.720. The summed E-state index contributed by atoms with van der Waals surface area (Å²) in [6, 6.07) is 0. The average molecular weight is 274 g/mol. The molecule has 0 saturated heterocycles. The number of aliphatic hydroxyl groups excluding tert-OH is 1. The van der Waals surface area contributed by atoms with Gasteiger partial charge in [-0.25, -0.2) is 0 Å². The van der Waals surface area contributed by atoms with Gasteiger partial charge in [0, 0.05) is 0 Å². The van der Waals surface area contributed by atoms with Crippen LogP contribution < -0.4 is 0 Å². The number of hydrogen-bond acceptors (Lipinski definition) is 5. The first-order chi connectivity index (χ1) is 9.18. The van der Waals surface area contributed by atoms with Crippen LogP contribution in [-0.4, -0.2) is 63.6 Å². The first-order valence-electron chi connectivity index (χ1n) is 6.43. The third-order valence-electron chi connectivity index (χ3n) is 2.43. The van der Waals surface area contributed by atoms with Gasteiger partial charge in [0.2, 0.25) is 0 Å². The van der Waals surface area contributed by atoms with Gasteiger partial charge in [-0.05, 0) is 6.92 Å². The third kappa shape index (κ3) is 10.9. The molecule has 0 aliphatic rings. The molecular weight excluding hydrogens is 248 g/mol. The van der Waals surface area contributed by atoms with E-state index in [1.54, 1.807) is 12.2 Å². The van der Waals surface area contributed by atoms with Gasteiger partial charge in [-0.15, -0.1) is 0 Å². The monoisotopic (exact) mass is 274 g/mol. The van der Waals surface area contributed by atoms with Gasteiger partial charge in [-0.1, -0.05) is 25.3 Å². The van der Waals surface area contributed by atoms with Crippen LogP contribution in [-0.2, 0) is 18.9 Å². The van der Waals surface area contributed by atoms with E-state index in [9.17, 15) is 0 Å². The minimum Gasteiger partial charge on any atom is -0.394 e. The summed E-state index contributed by atoms with van der Waals surface area (Å²) >= 11 is 0. The normalized spacial score (nSPS) is 11.5. The quantitative estimate of drug-likeness (QED) is 0.381. The Labute approximate surface area is 115 Å². The fourth-order valence-corrected chi connectivity index (χ4v) is 1.13. The van der Waals surface area contributed by atoms with Crippen molar-refractivity contribution >= 4 is 0 Å². The van der Waals surface area contributed by atoms with Crippen molar-refractivity contribution in [3.8, 4) is 0 Å². The van der Waals surface area contributed by atoms with Gasteiger partial charge in [0.1, 0.15) is 5.60 Å². The lowest BCUT2D eigenvalue weighted by atomic mass is 10.1. The van der Waals surface area contributed by atoms with Gasteiger partial charge >= 0.3 is 0 Å². The number of aliphatic hydroxyl groups is 1. The Balaban J connectivity index is 3.23.